The van der Waals surface area contributed by atoms with Crippen molar-refractivity contribution in [1.29, 1.82) is 0 Å². The van der Waals surface area contributed by atoms with Gasteiger partial charge in [-0.05, 0) is 25.7 Å². The van der Waals surface area contributed by atoms with Gasteiger partial charge in [0.2, 0.25) is 0 Å². The minimum Gasteiger partial charge on any atom is -0.466 e. The molecule has 0 aliphatic heterocycles. The molecule has 4 nitrogen and oxygen atoms in total. The second kappa shape index (κ2) is 11.5. The van der Waals surface area contributed by atoms with E-state index in [4.69, 9.17) is 9.47 Å². The minimum atomic E-state index is -0.246. The van der Waals surface area contributed by atoms with E-state index in [1.54, 1.807) is 0 Å². The predicted octanol–water partition coefficient (Wildman–Crippen LogP) is 3.65. The molecule has 0 spiro atoms. The Kier molecular flexibility index (Phi) is 11.3. The lowest BCUT2D eigenvalue weighted by atomic mass is 10.1. The van der Waals surface area contributed by atoms with Gasteiger partial charge < -0.3 is 9.47 Å². The Morgan fingerprint density at radius 1 is 1.05 bits per heavy atom. The van der Waals surface area contributed by atoms with E-state index in [2.05, 4.69) is 29.5 Å². The van der Waals surface area contributed by atoms with E-state index in [0.717, 1.165) is 38.5 Å². The third kappa shape index (κ3) is 11.2. The quantitative estimate of drug-likeness (QED) is 0.250. The molecule has 0 N–H and O–H groups in total. The second-order valence-corrected chi connectivity index (χ2v) is 6.24. The number of hydrogen-bond donors (Lipinski definition) is 0. The summed E-state index contributed by atoms with van der Waals surface area (Å²) in [7, 11) is 0. The molecule has 112 valence electrons. The molecule has 0 rings (SSSR count). The van der Waals surface area contributed by atoms with E-state index < -0.39 is 0 Å². The van der Waals surface area contributed by atoms with Gasteiger partial charge in [-0.2, -0.15) is 0 Å². The molecule has 0 amide bonds. The predicted molar refractivity (Wildman–Crippen MR) is 83.4 cm³/mol. The fourth-order valence-corrected chi connectivity index (χ4v) is 2.75. The highest BCUT2D eigenvalue weighted by Gasteiger charge is 2.21. The van der Waals surface area contributed by atoms with Crippen molar-refractivity contribution in [2.45, 2.75) is 69.3 Å². The van der Waals surface area contributed by atoms with Crippen LogP contribution >= 0.6 is 22.6 Å². The Hall–Kier alpha value is -0.330. The van der Waals surface area contributed by atoms with E-state index in [9.17, 15) is 9.59 Å². The molecule has 0 fully saturated rings. The highest BCUT2D eigenvalue weighted by molar-refractivity contribution is 14.1. The zero-order valence-corrected chi connectivity index (χ0v) is 14.3. The topological polar surface area (TPSA) is 52.6 Å². The van der Waals surface area contributed by atoms with E-state index in [-0.39, 0.29) is 22.0 Å². The lowest BCUT2D eigenvalue weighted by molar-refractivity contribution is -0.146. The van der Waals surface area contributed by atoms with Crippen molar-refractivity contribution in [2.24, 2.45) is 0 Å². The highest BCUT2D eigenvalue weighted by atomic mass is 127. The van der Waals surface area contributed by atoms with Gasteiger partial charge in [-0.15, -0.1) is 0 Å². The first-order chi connectivity index (χ1) is 8.97. The molecule has 0 unspecified atom stereocenters. The molecule has 0 saturated carbocycles. The second-order valence-electron chi connectivity index (χ2n) is 4.64. The summed E-state index contributed by atoms with van der Waals surface area (Å²) in [6.07, 6.45) is 5.98. The van der Waals surface area contributed by atoms with Gasteiger partial charge in [0, 0.05) is 17.8 Å². The van der Waals surface area contributed by atoms with Crippen LogP contribution in [0.2, 0.25) is 0 Å². The van der Waals surface area contributed by atoms with Gasteiger partial charge in [-0.1, -0.05) is 42.4 Å². The molecular formula is C14H25IO4. The van der Waals surface area contributed by atoms with Crippen LogP contribution in [0.5, 0.6) is 0 Å². The number of carbonyl (C=O) groups is 2. The summed E-state index contributed by atoms with van der Waals surface area (Å²) in [6, 6.07) is 0. The van der Waals surface area contributed by atoms with Crippen molar-refractivity contribution in [3.63, 3.8) is 0 Å². The largest absolute Gasteiger partial charge is 0.466 e. The molecule has 2 atom stereocenters. The minimum absolute atomic E-state index is 0.0259. The number of carbonyl (C=O) groups excluding carboxylic acids is 2. The lowest BCUT2D eigenvalue weighted by Gasteiger charge is -2.22. The molecule has 0 aliphatic carbocycles. The van der Waals surface area contributed by atoms with Crippen LogP contribution in [0.3, 0.4) is 0 Å². The third-order valence-electron chi connectivity index (χ3n) is 2.74. The van der Waals surface area contributed by atoms with Gasteiger partial charge in [0.25, 0.3) is 0 Å². The molecule has 19 heavy (non-hydrogen) atoms. The number of unbranched alkanes of at least 4 members (excludes halogenated alkanes) is 2. The lowest BCUT2D eigenvalue weighted by Crippen LogP contribution is -2.26. The zero-order chi connectivity index (χ0) is 14.7. The molecular weight excluding hydrogens is 359 g/mol. The number of esters is 2. The number of rotatable bonds is 10. The van der Waals surface area contributed by atoms with Crippen LogP contribution in [0.1, 0.15) is 59.3 Å². The molecule has 0 aromatic rings. The zero-order valence-electron chi connectivity index (χ0n) is 12.1. The molecule has 5 heteroatoms. The number of ether oxygens (including phenoxy) is 2. The van der Waals surface area contributed by atoms with Gasteiger partial charge in [0.15, 0.2) is 0 Å². The molecule has 0 radical (unpaired) electrons. The van der Waals surface area contributed by atoms with Crippen LogP contribution in [-0.4, -0.2) is 28.6 Å². The van der Waals surface area contributed by atoms with Crippen LogP contribution < -0.4 is 0 Å². The van der Waals surface area contributed by atoms with Crippen molar-refractivity contribution < 1.29 is 19.1 Å². The van der Waals surface area contributed by atoms with Crippen LogP contribution in [-0.2, 0) is 19.1 Å². The van der Waals surface area contributed by atoms with Crippen molar-refractivity contribution in [1.82, 2.24) is 0 Å². The molecule has 0 saturated heterocycles. The summed E-state index contributed by atoms with van der Waals surface area (Å²) in [5, 5.41) is 0. The smallest absolute Gasteiger partial charge is 0.302 e. The number of hydrogen-bond acceptors (Lipinski definition) is 4. The first-order valence-electron chi connectivity index (χ1n) is 6.92. The SMILES string of the molecule is CCCCC[C@@H](OC(C)=O)[C@H](I)CCCOC(C)=O. The third-order valence-corrected chi connectivity index (χ3v) is 4.17. The summed E-state index contributed by atoms with van der Waals surface area (Å²) >= 11 is 2.33. The van der Waals surface area contributed by atoms with E-state index >= 15 is 0 Å². The van der Waals surface area contributed by atoms with E-state index in [1.165, 1.54) is 13.8 Å². The van der Waals surface area contributed by atoms with Gasteiger partial charge in [-0.25, -0.2) is 0 Å². The summed E-state index contributed by atoms with van der Waals surface area (Å²) in [5.74, 6) is -0.465. The summed E-state index contributed by atoms with van der Waals surface area (Å²) in [5.41, 5.74) is 0. The normalized spacial score (nSPS) is 13.7. The van der Waals surface area contributed by atoms with Crippen molar-refractivity contribution >= 4 is 34.5 Å². The Balaban J connectivity index is 4.02. The number of halogens is 1. The Morgan fingerprint density at radius 2 is 1.74 bits per heavy atom. The van der Waals surface area contributed by atoms with Crippen LogP contribution in [0, 0.1) is 0 Å². The van der Waals surface area contributed by atoms with Crippen LogP contribution in [0.15, 0.2) is 0 Å². The summed E-state index contributed by atoms with van der Waals surface area (Å²) in [4.78, 5) is 21.8. The fraction of sp³-hybridized carbons (Fsp3) is 0.857. The van der Waals surface area contributed by atoms with Crippen molar-refractivity contribution in [2.75, 3.05) is 6.61 Å². The van der Waals surface area contributed by atoms with Crippen LogP contribution in [0.25, 0.3) is 0 Å². The maximum absolute atomic E-state index is 11.1. The van der Waals surface area contributed by atoms with Crippen LogP contribution in [0.4, 0.5) is 0 Å². The average molecular weight is 384 g/mol. The Labute approximate surface area is 129 Å². The molecule has 0 heterocycles. The van der Waals surface area contributed by atoms with Gasteiger partial charge >= 0.3 is 11.9 Å². The van der Waals surface area contributed by atoms with Gasteiger partial charge in [-0.3, -0.25) is 9.59 Å². The molecule has 0 aliphatic rings. The monoisotopic (exact) mass is 384 g/mol. The van der Waals surface area contributed by atoms with Crippen molar-refractivity contribution in [3.05, 3.63) is 0 Å². The maximum atomic E-state index is 11.1. The van der Waals surface area contributed by atoms with Gasteiger partial charge in [0.1, 0.15) is 6.10 Å². The highest BCUT2D eigenvalue weighted by Crippen LogP contribution is 2.21. The first-order valence-corrected chi connectivity index (χ1v) is 8.16. The van der Waals surface area contributed by atoms with Crippen molar-refractivity contribution in [3.8, 4) is 0 Å². The first kappa shape index (κ1) is 18.7. The van der Waals surface area contributed by atoms with Gasteiger partial charge in [0.05, 0.1) is 6.61 Å². The van der Waals surface area contributed by atoms with E-state index in [0.29, 0.717) is 6.61 Å². The standard InChI is InChI=1S/C14H25IO4/c1-4-5-6-9-14(19-12(3)17)13(15)8-7-10-18-11(2)16/h13-14H,4-10H2,1-3H3/t13-,14-/m1/s1. The summed E-state index contributed by atoms with van der Waals surface area (Å²) < 4.78 is 10.6. The molecule has 0 aromatic heterocycles. The average Bonchev–Trinajstić information content (AvgIpc) is 2.32. The maximum Gasteiger partial charge on any atom is 0.302 e. The number of alkyl halides is 1. The summed E-state index contributed by atoms with van der Waals surface area (Å²) in [6.45, 7) is 5.46. The Bertz CT molecular complexity index is 268. The van der Waals surface area contributed by atoms with E-state index in [1.807, 2.05) is 0 Å². The Morgan fingerprint density at radius 3 is 2.26 bits per heavy atom. The molecule has 0 bridgehead atoms. The molecule has 0 aromatic carbocycles. The fourth-order valence-electron chi connectivity index (χ4n) is 1.80.